The summed E-state index contributed by atoms with van der Waals surface area (Å²) in [5, 5.41) is 0. The third-order valence-corrected chi connectivity index (χ3v) is 5.14. The molecule has 0 bridgehead atoms. The maximum atomic E-state index is 13.3. The number of nitrogens with zero attached hydrogens (tertiary/aromatic N) is 1. The molecular formula is C25H26N2O4. The number of hydrogen-bond donors (Lipinski definition) is 1. The van der Waals surface area contributed by atoms with E-state index in [0.717, 1.165) is 17.7 Å². The standard InChI is InChI=1S/C25H26N2O4/c1-3-13-30-19-15-20(29-4-2)24(26)23-22(19)21-17(25(23)28)9-7-10-18(21)31-14-11-16-8-5-6-12-27-16/h5-10,12,15H,3-4,11,13-14,26H2,1-2H3. The first-order valence-corrected chi connectivity index (χ1v) is 10.6. The fraction of sp³-hybridized carbons (Fsp3) is 0.280. The third kappa shape index (κ3) is 3.93. The van der Waals surface area contributed by atoms with E-state index in [1.807, 2.05) is 44.2 Å². The van der Waals surface area contributed by atoms with E-state index in [2.05, 4.69) is 4.98 Å². The van der Waals surface area contributed by atoms with Crippen LogP contribution < -0.4 is 19.9 Å². The number of fused-ring (bicyclic) bond motifs is 3. The van der Waals surface area contributed by atoms with Crippen LogP contribution in [-0.4, -0.2) is 30.6 Å². The average Bonchev–Trinajstić information content (AvgIpc) is 3.10. The molecule has 31 heavy (non-hydrogen) atoms. The molecule has 0 spiro atoms. The van der Waals surface area contributed by atoms with Gasteiger partial charge in [-0.15, -0.1) is 0 Å². The molecular weight excluding hydrogens is 392 g/mol. The van der Waals surface area contributed by atoms with Crippen molar-refractivity contribution in [2.75, 3.05) is 25.6 Å². The lowest BCUT2D eigenvalue weighted by Crippen LogP contribution is -2.06. The fourth-order valence-corrected chi connectivity index (χ4v) is 3.78. The first-order chi connectivity index (χ1) is 15.2. The second kappa shape index (κ2) is 9.08. The van der Waals surface area contributed by atoms with Gasteiger partial charge in [-0.25, -0.2) is 0 Å². The number of carbonyl (C=O) groups excluding carboxylic acids is 1. The zero-order valence-corrected chi connectivity index (χ0v) is 17.8. The summed E-state index contributed by atoms with van der Waals surface area (Å²) in [6.07, 6.45) is 3.27. The number of aromatic nitrogens is 1. The number of anilines is 1. The van der Waals surface area contributed by atoms with Crippen molar-refractivity contribution in [3.05, 3.63) is 65.5 Å². The molecule has 3 aromatic rings. The van der Waals surface area contributed by atoms with E-state index in [0.29, 0.717) is 65.9 Å². The Balaban J connectivity index is 1.74. The van der Waals surface area contributed by atoms with Crippen LogP contribution >= 0.6 is 0 Å². The number of ether oxygens (including phenoxy) is 3. The summed E-state index contributed by atoms with van der Waals surface area (Å²) in [7, 11) is 0. The van der Waals surface area contributed by atoms with Gasteiger partial charge in [-0.1, -0.05) is 25.1 Å². The van der Waals surface area contributed by atoms with Gasteiger partial charge in [0.15, 0.2) is 5.78 Å². The summed E-state index contributed by atoms with van der Waals surface area (Å²) >= 11 is 0. The first kappa shape index (κ1) is 20.7. The van der Waals surface area contributed by atoms with Crippen LogP contribution in [0.15, 0.2) is 48.7 Å². The molecule has 0 aliphatic heterocycles. The molecule has 0 saturated carbocycles. The highest BCUT2D eigenvalue weighted by molar-refractivity contribution is 6.26. The van der Waals surface area contributed by atoms with Crippen molar-refractivity contribution < 1.29 is 19.0 Å². The van der Waals surface area contributed by atoms with Crippen molar-refractivity contribution >= 4 is 11.5 Å². The third-order valence-electron chi connectivity index (χ3n) is 5.14. The topological polar surface area (TPSA) is 83.7 Å². The summed E-state index contributed by atoms with van der Waals surface area (Å²) in [6.45, 7) is 5.32. The summed E-state index contributed by atoms with van der Waals surface area (Å²) in [5.41, 5.74) is 10.0. The molecule has 2 aromatic carbocycles. The largest absolute Gasteiger partial charge is 0.493 e. The molecule has 2 N–H and O–H groups in total. The molecule has 4 rings (SSSR count). The number of hydrogen-bond acceptors (Lipinski definition) is 6. The minimum atomic E-state index is -0.138. The van der Waals surface area contributed by atoms with Gasteiger partial charge in [-0.2, -0.15) is 0 Å². The Morgan fingerprint density at radius 3 is 2.45 bits per heavy atom. The molecule has 6 nitrogen and oxygen atoms in total. The Morgan fingerprint density at radius 1 is 0.871 bits per heavy atom. The Kier molecular flexibility index (Phi) is 6.07. The lowest BCUT2D eigenvalue weighted by Gasteiger charge is -2.17. The zero-order chi connectivity index (χ0) is 21.8. The number of nitrogens with two attached hydrogens (primary N) is 1. The van der Waals surface area contributed by atoms with Crippen molar-refractivity contribution in [1.82, 2.24) is 4.98 Å². The van der Waals surface area contributed by atoms with Gasteiger partial charge in [-0.3, -0.25) is 9.78 Å². The van der Waals surface area contributed by atoms with E-state index < -0.39 is 0 Å². The van der Waals surface area contributed by atoms with E-state index in [9.17, 15) is 4.79 Å². The molecule has 0 amide bonds. The SMILES string of the molecule is CCCOc1cc(OCC)c(N)c2c1-c1c(OCCc3ccccn3)cccc1C2=O. The van der Waals surface area contributed by atoms with E-state index in [4.69, 9.17) is 19.9 Å². The smallest absolute Gasteiger partial charge is 0.196 e. The monoisotopic (exact) mass is 418 g/mol. The van der Waals surface area contributed by atoms with Gasteiger partial charge >= 0.3 is 0 Å². The van der Waals surface area contributed by atoms with E-state index in [-0.39, 0.29) is 5.78 Å². The van der Waals surface area contributed by atoms with Gasteiger partial charge in [0.05, 0.1) is 31.1 Å². The number of carbonyl (C=O) groups is 1. The highest BCUT2D eigenvalue weighted by atomic mass is 16.5. The number of rotatable bonds is 9. The van der Waals surface area contributed by atoms with Crippen LogP contribution in [-0.2, 0) is 6.42 Å². The van der Waals surface area contributed by atoms with Gasteiger partial charge in [0, 0.05) is 41.1 Å². The van der Waals surface area contributed by atoms with Crippen LogP contribution in [0.1, 0.15) is 41.9 Å². The lowest BCUT2D eigenvalue weighted by atomic mass is 10.0. The molecule has 1 aromatic heterocycles. The number of ketones is 1. The molecule has 0 unspecified atom stereocenters. The van der Waals surface area contributed by atoms with Crippen molar-refractivity contribution in [3.8, 4) is 28.4 Å². The summed E-state index contributed by atoms with van der Waals surface area (Å²) in [6, 6.07) is 13.1. The molecule has 0 radical (unpaired) electrons. The summed E-state index contributed by atoms with van der Waals surface area (Å²) in [4.78, 5) is 17.6. The molecule has 160 valence electrons. The quantitative estimate of drug-likeness (QED) is 0.397. The summed E-state index contributed by atoms with van der Waals surface area (Å²) in [5.74, 6) is 1.54. The fourth-order valence-electron chi connectivity index (χ4n) is 3.78. The molecule has 0 atom stereocenters. The van der Waals surface area contributed by atoms with Gasteiger partial charge in [0.1, 0.15) is 17.2 Å². The molecule has 6 heteroatoms. The Morgan fingerprint density at radius 2 is 1.71 bits per heavy atom. The predicted molar refractivity (Wildman–Crippen MR) is 120 cm³/mol. The van der Waals surface area contributed by atoms with Crippen molar-refractivity contribution in [2.24, 2.45) is 0 Å². The molecule has 0 fully saturated rings. The van der Waals surface area contributed by atoms with Crippen molar-refractivity contribution in [1.29, 1.82) is 0 Å². The van der Waals surface area contributed by atoms with Gasteiger partial charge in [0.2, 0.25) is 0 Å². The molecule has 0 saturated heterocycles. The second-order valence-corrected chi connectivity index (χ2v) is 7.25. The summed E-state index contributed by atoms with van der Waals surface area (Å²) < 4.78 is 17.8. The van der Waals surface area contributed by atoms with Gasteiger partial charge in [-0.05, 0) is 31.5 Å². The molecule has 1 aliphatic rings. The van der Waals surface area contributed by atoms with Crippen LogP contribution in [0.3, 0.4) is 0 Å². The lowest BCUT2D eigenvalue weighted by molar-refractivity contribution is 0.104. The van der Waals surface area contributed by atoms with Crippen molar-refractivity contribution in [2.45, 2.75) is 26.7 Å². The Bertz CT molecular complexity index is 1100. The first-order valence-electron chi connectivity index (χ1n) is 10.6. The highest BCUT2D eigenvalue weighted by Gasteiger charge is 2.36. The number of pyridine rings is 1. The molecule has 1 heterocycles. The minimum absolute atomic E-state index is 0.138. The van der Waals surface area contributed by atoms with Crippen molar-refractivity contribution in [3.63, 3.8) is 0 Å². The predicted octanol–water partition coefficient (Wildman–Crippen LogP) is 4.68. The van der Waals surface area contributed by atoms with Crippen LogP contribution in [0.2, 0.25) is 0 Å². The van der Waals surface area contributed by atoms with E-state index in [1.165, 1.54) is 0 Å². The van der Waals surface area contributed by atoms with Crippen LogP contribution in [0.25, 0.3) is 11.1 Å². The van der Waals surface area contributed by atoms with Crippen LogP contribution in [0.4, 0.5) is 5.69 Å². The Hall–Kier alpha value is -3.54. The second-order valence-electron chi connectivity index (χ2n) is 7.25. The highest BCUT2D eigenvalue weighted by Crippen LogP contribution is 2.52. The maximum Gasteiger partial charge on any atom is 0.196 e. The average molecular weight is 418 g/mol. The van der Waals surface area contributed by atoms with Gasteiger partial charge in [0.25, 0.3) is 0 Å². The number of benzene rings is 2. The molecule has 1 aliphatic carbocycles. The van der Waals surface area contributed by atoms with Crippen LogP contribution in [0.5, 0.6) is 17.2 Å². The normalized spacial score (nSPS) is 11.7. The van der Waals surface area contributed by atoms with E-state index >= 15 is 0 Å². The van der Waals surface area contributed by atoms with Gasteiger partial charge < -0.3 is 19.9 Å². The Labute approximate surface area is 182 Å². The number of nitrogen functional groups attached to an aromatic ring is 1. The van der Waals surface area contributed by atoms with E-state index in [1.54, 1.807) is 18.3 Å². The minimum Gasteiger partial charge on any atom is -0.493 e. The zero-order valence-electron chi connectivity index (χ0n) is 17.8. The maximum absolute atomic E-state index is 13.3. The van der Waals surface area contributed by atoms with Crippen LogP contribution in [0, 0.1) is 0 Å².